The molecular weight excluding hydrogens is 260 g/mol. The van der Waals surface area contributed by atoms with E-state index in [1.54, 1.807) is 0 Å². The van der Waals surface area contributed by atoms with Crippen molar-refractivity contribution in [2.75, 3.05) is 65.8 Å². The quantitative estimate of drug-likeness (QED) is 0.510. The summed E-state index contributed by atoms with van der Waals surface area (Å²) in [5.74, 6) is 0. The van der Waals surface area contributed by atoms with E-state index < -0.39 is 6.10 Å². The molecule has 1 rings (SSSR count). The Bertz CT molecular complexity index is 231. The Morgan fingerprint density at radius 3 is 2.90 bits per heavy atom. The van der Waals surface area contributed by atoms with Crippen molar-refractivity contribution < 1.29 is 19.3 Å². The lowest BCUT2D eigenvalue weighted by atomic mass is 10.2. The van der Waals surface area contributed by atoms with E-state index in [1.807, 2.05) is 6.92 Å². The maximum Gasteiger partial charge on any atom is 0.0897 e. The first-order chi connectivity index (χ1) is 9.76. The Morgan fingerprint density at radius 2 is 2.15 bits per heavy atom. The minimum Gasteiger partial charge on any atom is -0.389 e. The SMILES string of the molecule is CCOCCOCC(O)CNCC1CN(CC)CCO1. The van der Waals surface area contributed by atoms with Crippen molar-refractivity contribution in [3.05, 3.63) is 0 Å². The van der Waals surface area contributed by atoms with Crippen molar-refractivity contribution >= 4 is 0 Å². The number of hydrogen-bond acceptors (Lipinski definition) is 6. The number of ether oxygens (including phenoxy) is 3. The van der Waals surface area contributed by atoms with Gasteiger partial charge >= 0.3 is 0 Å². The summed E-state index contributed by atoms with van der Waals surface area (Å²) in [4.78, 5) is 2.38. The zero-order valence-corrected chi connectivity index (χ0v) is 12.8. The molecule has 0 aromatic heterocycles. The molecule has 0 aromatic carbocycles. The topological polar surface area (TPSA) is 63.2 Å². The van der Waals surface area contributed by atoms with Crippen LogP contribution in [0.15, 0.2) is 0 Å². The molecule has 0 amide bonds. The van der Waals surface area contributed by atoms with Crippen LogP contribution in [-0.4, -0.2) is 88.0 Å². The molecule has 0 aliphatic carbocycles. The number of morpholine rings is 1. The predicted molar refractivity (Wildman–Crippen MR) is 78.0 cm³/mol. The van der Waals surface area contributed by atoms with E-state index in [0.29, 0.717) is 33.0 Å². The fourth-order valence-corrected chi connectivity index (χ4v) is 2.14. The van der Waals surface area contributed by atoms with Gasteiger partial charge in [0.15, 0.2) is 0 Å². The third kappa shape index (κ3) is 8.14. The molecule has 6 heteroatoms. The van der Waals surface area contributed by atoms with Crippen LogP contribution in [0.2, 0.25) is 0 Å². The highest BCUT2D eigenvalue weighted by Gasteiger charge is 2.18. The third-order valence-electron chi connectivity index (χ3n) is 3.31. The van der Waals surface area contributed by atoms with Crippen LogP contribution >= 0.6 is 0 Å². The van der Waals surface area contributed by atoms with Gasteiger partial charge in [0.25, 0.3) is 0 Å². The first kappa shape index (κ1) is 17.8. The van der Waals surface area contributed by atoms with E-state index in [1.165, 1.54) is 0 Å². The number of nitrogens with one attached hydrogen (secondary N) is 1. The molecule has 0 saturated carbocycles. The van der Waals surface area contributed by atoms with Crippen LogP contribution in [0, 0.1) is 0 Å². The molecule has 0 aromatic rings. The molecular formula is C14H30N2O4. The van der Waals surface area contributed by atoms with Gasteiger partial charge in [-0.2, -0.15) is 0 Å². The molecule has 1 fully saturated rings. The van der Waals surface area contributed by atoms with Crippen LogP contribution in [0.5, 0.6) is 0 Å². The van der Waals surface area contributed by atoms with Gasteiger partial charge in [-0.15, -0.1) is 0 Å². The second-order valence-corrected chi connectivity index (χ2v) is 4.97. The van der Waals surface area contributed by atoms with Gasteiger partial charge in [0.2, 0.25) is 0 Å². The highest BCUT2D eigenvalue weighted by atomic mass is 16.5. The second kappa shape index (κ2) is 11.4. The van der Waals surface area contributed by atoms with E-state index in [-0.39, 0.29) is 6.10 Å². The van der Waals surface area contributed by atoms with Crippen molar-refractivity contribution in [3.8, 4) is 0 Å². The normalized spacial score (nSPS) is 22.1. The van der Waals surface area contributed by atoms with Gasteiger partial charge in [-0.1, -0.05) is 6.92 Å². The molecule has 0 radical (unpaired) electrons. The van der Waals surface area contributed by atoms with Gasteiger partial charge in [0, 0.05) is 32.8 Å². The van der Waals surface area contributed by atoms with Crippen molar-refractivity contribution in [1.29, 1.82) is 0 Å². The number of nitrogens with zero attached hydrogens (tertiary/aromatic N) is 1. The van der Waals surface area contributed by atoms with E-state index in [4.69, 9.17) is 14.2 Å². The molecule has 1 aliphatic rings. The molecule has 6 nitrogen and oxygen atoms in total. The van der Waals surface area contributed by atoms with Crippen LogP contribution in [0.3, 0.4) is 0 Å². The van der Waals surface area contributed by atoms with E-state index in [9.17, 15) is 5.11 Å². The van der Waals surface area contributed by atoms with Crippen LogP contribution in [0.25, 0.3) is 0 Å². The molecule has 1 heterocycles. The molecule has 1 aliphatic heterocycles. The summed E-state index contributed by atoms with van der Waals surface area (Å²) in [6.07, 6.45) is -0.266. The predicted octanol–water partition coefficient (Wildman–Crippen LogP) is -0.289. The molecule has 2 unspecified atom stereocenters. The average molecular weight is 290 g/mol. The van der Waals surface area contributed by atoms with Crippen molar-refractivity contribution in [2.24, 2.45) is 0 Å². The number of aliphatic hydroxyl groups is 1. The van der Waals surface area contributed by atoms with E-state index >= 15 is 0 Å². The standard InChI is InChI=1S/C14H30N2O4/c1-3-16-5-6-20-14(11-16)10-15-9-13(17)12-19-8-7-18-4-2/h13-15,17H,3-12H2,1-2H3. The van der Waals surface area contributed by atoms with E-state index in [0.717, 1.165) is 32.8 Å². The molecule has 1 saturated heterocycles. The number of hydrogen-bond donors (Lipinski definition) is 2. The summed E-state index contributed by atoms with van der Waals surface area (Å²) in [6, 6.07) is 0. The molecule has 20 heavy (non-hydrogen) atoms. The first-order valence-corrected chi connectivity index (χ1v) is 7.64. The monoisotopic (exact) mass is 290 g/mol. The Kier molecular flexibility index (Phi) is 10.2. The Balaban J connectivity index is 1.96. The smallest absolute Gasteiger partial charge is 0.0897 e. The lowest BCUT2D eigenvalue weighted by molar-refractivity contribution is -0.0284. The van der Waals surface area contributed by atoms with Crippen molar-refractivity contribution in [3.63, 3.8) is 0 Å². The van der Waals surface area contributed by atoms with Gasteiger partial charge in [-0.3, -0.25) is 4.90 Å². The van der Waals surface area contributed by atoms with Crippen LogP contribution in [0.1, 0.15) is 13.8 Å². The van der Waals surface area contributed by atoms with Crippen LogP contribution < -0.4 is 5.32 Å². The third-order valence-corrected chi connectivity index (χ3v) is 3.31. The zero-order chi connectivity index (χ0) is 14.6. The first-order valence-electron chi connectivity index (χ1n) is 7.64. The maximum absolute atomic E-state index is 9.75. The van der Waals surface area contributed by atoms with Crippen molar-refractivity contribution in [2.45, 2.75) is 26.1 Å². The molecule has 0 bridgehead atoms. The Labute approximate surface area is 122 Å². The highest BCUT2D eigenvalue weighted by Crippen LogP contribution is 2.03. The Hall–Kier alpha value is -0.240. The van der Waals surface area contributed by atoms with Crippen LogP contribution in [0.4, 0.5) is 0 Å². The number of rotatable bonds is 11. The van der Waals surface area contributed by atoms with Crippen LogP contribution in [-0.2, 0) is 14.2 Å². The minimum absolute atomic E-state index is 0.217. The summed E-state index contributed by atoms with van der Waals surface area (Å²) in [7, 11) is 0. The highest BCUT2D eigenvalue weighted by molar-refractivity contribution is 4.73. The second-order valence-electron chi connectivity index (χ2n) is 4.97. The fraction of sp³-hybridized carbons (Fsp3) is 1.00. The Morgan fingerprint density at radius 1 is 1.35 bits per heavy atom. The molecule has 120 valence electrons. The van der Waals surface area contributed by atoms with Gasteiger partial charge in [0.1, 0.15) is 0 Å². The summed E-state index contributed by atoms with van der Waals surface area (Å²) >= 11 is 0. The van der Waals surface area contributed by atoms with Gasteiger partial charge in [0.05, 0.1) is 38.6 Å². The largest absolute Gasteiger partial charge is 0.389 e. The number of likely N-dealkylation sites (N-methyl/N-ethyl adjacent to an activating group) is 1. The zero-order valence-electron chi connectivity index (χ0n) is 12.8. The van der Waals surface area contributed by atoms with E-state index in [2.05, 4.69) is 17.1 Å². The summed E-state index contributed by atoms with van der Waals surface area (Å²) < 4.78 is 16.2. The van der Waals surface area contributed by atoms with Gasteiger partial charge in [-0.05, 0) is 13.5 Å². The summed E-state index contributed by atoms with van der Waals surface area (Å²) in [5, 5.41) is 13.0. The molecule has 2 atom stereocenters. The summed E-state index contributed by atoms with van der Waals surface area (Å²) in [6.45, 7) is 11.4. The molecule has 2 N–H and O–H groups in total. The maximum atomic E-state index is 9.75. The van der Waals surface area contributed by atoms with Crippen molar-refractivity contribution in [1.82, 2.24) is 10.2 Å². The lowest BCUT2D eigenvalue weighted by Crippen LogP contribution is -2.47. The summed E-state index contributed by atoms with van der Waals surface area (Å²) in [5.41, 5.74) is 0. The average Bonchev–Trinajstić information content (AvgIpc) is 2.47. The fourth-order valence-electron chi connectivity index (χ4n) is 2.14. The lowest BCUT2D eigenvalue weighted by Gasteiger charge is -2.32. The van der Waals surface area contributed by atoms with Gasteiger partial charge in [-0.25, -0.2) is 0 Å². The number of aliphatic hydroxyl groups excluding tert-OH is 1. The minimum atomic E-state index is -0.484. The van der Waals surface area contributed by atoms with Gasteiger partial charge < -0.3 is 24.6 Å². The molecule has 0 spiro atoms.